The van der Waals surface area contributed by atoms with Crippen LogP contribution >= 0.6 is 0 Å². The first-order valence-corrected chi connectivity index (χ1v) is 7.92. The van der Waals surface area contributed by atoms with Gasteiger partial charge in [-0.3, -0.25) is 0 Å². The average molecular weight is 296 g/mol. The molecule has 2 nitrogen and oxygen atoms in total. The Balaban J connectivity index is 2.18. The predicted molar refractivity (Wildman–Crippen MR) is 89.2 cm³/mol. The van der Waals surface area contributed by atoms with E-state index in [0.717, 1.165) is 12.8 Å². The molecule has 2 N–H and O–H groups in total. The zero-order valence-corrected chi connectivity index (χ0v) is 13.5. The Kier molecular flexibility index (Phi) is 3.43. The van der Waals surface area contributed by atoms with Crippen molar-refractivity contribution in [3.8, 4) is 11.5 Å². The van der Waals surface area contributed by atoms with Gasteiger partial charge in [0, 0.05) is 5.41 Å². The number of phenolic OH excluding ortho intramolecular Hbond substituents is 2. The molecule has 0 radical (unpaired) electrons. The quantitative estimate of drug-likeness (QED) is 0.832. The summed E-state index contributed by atoms with van der Waals surface area (Å²) in [5.74, 6) is 1.10. The van der Waals surface area contributed by atoms with Crippen molar-refractivity contribution in [1.82, 2.24) is 0 Å². The summed E-state index contributed by atoms with van der Waals surface area (Å²) in [5, 5.41) is 19.3. The summed E-state index contributed by atoms with van der Waals surface area (Å²) < 4.78 is 0. The van der Waals surface area contributed by atoms with Crippen LogP contribution in [-0.2, 0) is 5.41 Å². The fourth-order valence-corrected chi connectivity index (χ4v) is 4.46. The Hall–Kier alpha value is -1.96. The van der Waals surface area contributed by atoms with E-state index in [9.17, 15) is 10.2 Å². The molecule has 3 rings (SSSR count). The fraction of sp³-hybridized carbons (Fsp3) is 0.400. The Bertz CT molecular complexity index is 608. The van der Waals surface area contributed by atoms with Gasteiger partial charge in [-0.05, 0) is 59.6 Å². The molecule has 0 amide bonds. The Morgan fingerprint density at radius 1 is 0.818 bits per heavy atom. The van der Waals surface area contributed by atoms with Crippen LogP contribution in [0.4, 0.5) is 0 Å². The van der Waals surface area contributed by atoms with Gasteiger partial charge in [-0.2, -0.15) is 0 Å². The van der Waals surface area contributed by atoms with Gasteiger partial charge in [-0.1, -0.05) is 45.0 Å². The minimum Gasteiger partial charge on any atom is -0.508 e. The highest BCUT2D eigenvalue weighted by atomic mass is 16.3. The minimum atomic E-state index is -0.0646. The van der Waals surface area contributed by atoms with E-state index in [1.165, 1.54) is 11.1 Å². The lowest BCUT2D eigenvalue weighted by molar-refractivity contribution is 0.356. The Morgan fingerprint density at radius 2 is 1.23 bits per heavy atom. The summed E-state index contributed by atoms with van der Waals surface area (Å²) in [6.07, 6.45) is 2.23. The van der Waals surface area contributed by atoms with Crippen molar-refractivity contribution in [3.05, 3.63) is 59.7 Å². The van der Waals surface area contributed by atoms with E-state index in [1.807, 2.05) is 24.3 Å². The molecule has 1 unspecified atom stereocenters. The van der Waals surface area contributed by atoms with Gasteiger partial charge in [-0.15, -0.1) is 0 Å². The van der Waals surface area contributed by atoms with Gasteiger partial charge in [0.15, 0.2) is 0 Å². The molecule has 1 aliphatic carbocycles. The van der Waals surface area contributed by atoms with E-state index < -0.39 is 0 Å². The van der Waals surface area contributed by atoms with Crippen LogP contribution in [0, 0.1) is 11.3 Å². The normalized spacial score (nSPS) is 22.6. The highest BCUT2D eigenvalue weighted by Crippen LogP contribution is 2.57. The highest BCUT2D eigenvalue weighted by Gasteiger charge is 2.50. The van der Waals surface area contributed by atoms with E-state index in [4.69, 9.17) is 0 Å². The molecular formula is C20H24O2. The molecule has 0 spiro atoms. The molecule has 22 heavy (non-hydrogen) atoms. The van der Waals surface area contributed by atoms with Gasteiger partial charge < -0.3 is 10.2 Å². The first-order chi connectivity index (χ1) is 10.3. The molecule has 0 saturated heterocycles. The number of hydrogen-bond acceptors (Lipinski definition) is 2. The first kappa shape index (κ1) is 15.0. The standard InChI is InChI=1S/C20H24O2/c1-14-12-19(2,3)13-20(14,15-4-8-17(21)9-5-15)16-6-10-18(22)11-7-16/h4-11,14,21-22H,12-13H2,1-3H3. The van der Waals surface area contributed by atoms with Gasteiger partial charge in [0.05, 0.1) is 0 Å². The lowest BCUT2D eigenvalue weighted by atomic mass is 9.67. The van der Waals surface area contributed by atoms with Crippen molar-refractivity contribution < 1.29 is 10.2 Å². The monoisotopic (exact) mass is 296 g/mol. The van der Waals surface area contributed by atoms with Crippen LogP contribution in [0.15, 0.2) is 48.5 Å². The number of rotatable bonds is 2. The molecule has 0 heterocycles. The molecule has 0 aliphatic heterocycles. The van der Waals surface area contributed by atoms with Gasteiger partial charge in [0.25, 0.3) is 0 Å². The lowest BCUT2D eigenvalue weighted by Crippen LogP contribution is -2.31. The third-order valence-electron chi connectivity index (χ3n) is 5.22. The maximum atomic E-state index is 9.63. The van der Waals surface area contributed by atoms with Crippen molar-refractivity contribution in [3.63, 3.8) is 0 Å². The number of aromatic hydroxyl groups is 2. The number of phenols is 2. The van der Waals surface area contributed by atoms with Crippen molar-refractivity contribution >= 4 is 0 Å². The van der Waals surface area contributed by atoms with Crippen molar-refractivity contribution in [2.45, 2.75) is 39.0 Å². The largest absolute Gasteiger partial charge is 0.508 e. The van der Waals surface area contributed by atoms with Crippen LogP contribution in [0.5, 0.6) is 11.5 Å². The summed E-state index contributed by atoms with van der Waals surface area (Å²) >= 11 is 0. The second kappa shape index (κ2) is 5.05. The van der Waals surface area contributed by atoms with Crippen LogP contribution < -0.4 is 0 Å². The molecule has 0 bridgehead atoms. The minimum absolute atomic E-state index is 0.0646. The summed E-state index contributed by atoms with van der Waals surface area (Å²) in [5.41, 5.74) is 2.70. The van der Waals surface area contributed by atoms with Gasteiger partial charge >= 0.3 is 0 Å². The van der Waals surface area contributed by atoms with Crippen molar-refractivity contribution in [2.75, 3.05) is 0 Å². The van der Waals surface area contributed by atoms with Crippen LogP contribution in [0.3, 0.4) is 0 Å². The predicted octanol–water partition coefficient (Wildman–Crippen LogP) is 4.84. The van der Waals surface area contributed by atoms with E-state index in [-0.39, 0.29) is 10.8 Å². The molecule has 2 aromatic rings. The summed E-state index contributed by atoms with van der Waals surface area (Å²) in [6, 6.07) is 15.3. The lowest BCUT2D eigenvalue weighted by Gasteiger charge is -2.36. The molecule has 0 aromatic heterocycles. The second-order valence-corrected chi connectivity index (χ2v) is 7.51. The fourth-order valence-electron chi connectivity index (χ4n) is 4.46. The van der Waals surface area contributed by atoms with Crippen LogP contribution in [0.25, 0.3) is 0 Å². The summed E-state index contributed by atoms with van der Waals surface area (Å²) in [6.45, 7) is 6.96. The van der Waals surface area contributed by atoms with E-state index in [0.29, 0.717) is 17.4 Å². The summed E-state index contributed by atoms with van der Waals surface area (Å²) in [7, 11) is 0. The molecule has 1 saturated carbocycles. The third kappa shape index (κ3) is 2.37. The highest BCUT2D eigenvalue weighted by molar-refractivity contribution is 5.45. The van der Waals surface area contributed by atoms with Gasteiger partial charge in [0.2, 0.25) is 0 Å². The molecule has 1 aliphatic rings. The van der Waals surface area contributed by atoms with Crippen LogP contribution in [0.2, 0.25) is 0 Å². The van der Waals surface area contributed by atoms with E-state index in [2.05, 4.69) is 20.8 Å². The zero-order valence-electron chi connectivity index (χ0n) is 13.5. The first-order valence-electron chi connectivity index (χ1n) is 7.92. The Labute approximate surface area is 132 Å². The Morgan fingerprint density at radius 3 is 1.55 bits per heavy atom. The summed E-state index contributed by atoms with van der Waals surface area (Å²) in [4.78, 5) is 0. The maximum absolute atomic E-state index is 9.63. The maximum Gasteiger partial charge on any atom is 0.115 e. The average Bonchev–Trinajstić information content (AvgIpc) is 2.71. The molecule has 1 fully saturated rings. The number of benzene rings is 2. The third-order valence-corrected chi connectivity index (χ3v) is 5.22. The van der Waals surface area contributed by atoms with Crippen LogP contribution in [0.1, 0.15) is 44.7 Å². The molecular weight excluding hydrogens is 272 g/mol. The topological polar surface area (TPSA) is 40.5 Å². The van der Waals surface area contributed by atoms with Crippen molar-refractivity contribution in [2.24, 2.45) is 11.3 Å². The SMILES string of the molecule is CC1CC(C)(C)CC1(c1ccc(O)cc1)c1ccc(O)cc1. The second-order valence-electron chi connectivity index (χ2n) is 7.51. The van der Waals surface area contributed by atoms with E-state index >= 15 is 0 Å². The zero-order chi connectivity index (χ0) is 16.0. The number of hydrogen-bond donors (Lipinski definition) is 2. The van der Waals surface area contributed by atoms with Gasteiger partial charge in [0.1, 0.15) is 11.5 Å². The van der Waals surface area contributed by atoms with E-state index in [1.54, 1.807) is 24.3 Å². The molecule has 1 atom stereocenters. The smallest absolute Gasteiger partial charge is 0.115 e. The van der Waals surface area contributed by atoms with Crippen LogP contribution in [-0.4, -0.2) is 10.2 Å². The molecule has 116 valence electrons. The van der Waals surface area contributed by atoms with Gasteiger partial charge in [-0.25, -0.2) is 0 Å². The molecule has 2 heteroatoms. The molecule has 2 aromatic carbocycles. The van der Waals surface area contributed by atoms with Crippen molar-refractivity contribution in [1.29, 1.82) is 0 Å².